The largest absolute Gasteiger partial charge is 0.0886 e. The van der Waals surface area contributed by atoms with Gasteiger partial charge in [0.25, 0.3) is 0 Å². The van der Waals surface area contributed by atoms with Crippen molar-refractivity contribution in [3.8, 4) is 0 Å². The third-order valence-electron chi connectivity index (χ3n) is 1.76. The Bertz CT molecular complexity index is 96.7. The third kappa shape index (κ3) is 2.85. The van der Waals surface area contributed by atoms with Crippen LogP contribution in [0, 0.1) is 0 Å². The molecule has 0 bridgehead atoms. The number of hydrogen-bond acceptors (Lipinski definition) is 0. The monoisotopic (exact) mass is 137 g/mol. The Morgan fingerprint density at radius 3 is 3.00 bits per heavy atom. The molecule has 1 aliphatic rings. The van der Waals surface area contributed by atoms with Crippen LogP contribution >= 0.6 is 0 Å². The van der Waals surface area contributed by atoms with Crippen molar-refractivity contribution in [3.05, 3.63) is 12.2 Å². The predicted molar refractivity (Wildman–Crippen MR) is 41.7 cm³/mol. The minimum absolute atomic E-state index is 0.738. The van der Waals surface area contributed by atoms with E-state index in [1.54, 1.807) is 0 Å². The first-order valence-electron chi connectivity index (χ1n) is 3.76. The average molecular weight is 137 g/mol. The van der Waals surface area contributed by atoms with Crippen LogP contribution in [0.2, 0.25) is 5.54 Å². The van der Waals surface area contributed by atoms with Gasteiger partial charge in [0.15, 0.2) is 0 Å². The molecule has 9 heavy (non-hydrogen) atoms. The van der Waals surface area contributed by atoms with Crippen LogP contribution in [0.25, 0.3) is 0 Å². The SMILES string of the molecule is [Si]C1C/C=C\CCCC1. The first kappa shape index (κ1) is 7.07. The van der Waals surface area contributed by atoms with Crippen LogP contribution in [-0.2, 0) is 0 Å². The van der Waals surface area contributed by atoms with Crippen LogP contribution < -0.4 is 0 Å². The molecule has 49 valence electrons. The summed E-state index contributed by atoms with van der Waals surface area (Å²) in [5.41, 5.74) is 0.738. The lowest BCUT2D eigenvalue weighted by Gasteiger charge is -2.09. The summed E-state index contributed by atoms with van der Waals surface area (Å²) in [6, 6.07) is 0. The Kier molecular flexibility index (Phi) is 3.05. The highest BCUT2D eigenvalue weighted by Crippen LogP contribution is 2.19. The molecule has 0 fully saturated rings. The van der Waals surface area contributed by atoms with Gasteiger partial charge >= 0.3 is 0 Å². The summed E-state index contributed by atoms with van der Waals surface area (Å²) in [4.78, 5) is 0. The van der Waals surface area contributed by atoms with Gasteiger partial charge in [0.1, 0.15) is 0 Å². The molecular formula is C8H13Si. The zero-order valence-electron chi connectivity index (χ0n) is 5.77. The van der Waals surface area contributed by atoms with Crippen molar-refractivity contribution in [1.29, 1.82) is 0 Å². The third-order valence-corrected chi connectivity index (χ3v) is 2.29. The maximum absolute atomic E-state index is 3.67. The first-order valence-corrected chi connectivity index (χ1v) is 4.33. The second kappa shape index (κ2) is 3.88. The summed E-state index contributed by atoms with van der Waals surface area (Å²) >= 11 is 0. The van der Waals surface area contributed by atoms with Crippen molar-refractivity contribution in [2.75, 3.05) is 0 Å². The summed E-state index contributed by atoms with van der Waals surface area (Å²) in [7, 11) is 3.67. The second-order valence-electron chi connectivity index (χ2n) is 2.69. The predicted octanol–water partition coefficient (Wildman–Crippen LogP) is 2.46. The Morgan fingerprint density at radius 2 is 2.11 bits per heavy atom. The molecule has 0 amide bonds. The van der Waals surface area contributed by atoms with E-state index in [1.165, 1.54) is 32.1 Å². The van der Waals surface area contributed by atoms with Gasteiger partial charge < -0.3 is 0 Å². The van der Waals surface area contributed by atoms with E-state index in [0.29, 0.717) is 0 Å². The Hall–Kier alpha value is -0.0431. The van der Waals surface area contributed by atoms with Crippen molar-refractivity contribution < 1.29 is 0 Å². The molecule has 0 spiro atoms. The van der Waals surface area contributed by atoms with Crippen molar-refractivity contribution in [1.82, 2.24) is 0 Å². The maximum atomic E-state index is 3.67. The van der Waals surface area contributed by atoms with E-state index in [0.717, 1.165) is 5.54 Å². The quantitative estimate of drug-likeness (QED) is 0.355. The van der Waals surface area contributed by atoms with Crippen LogP contribution in [0.15, 0.2) is 12.2 Å². The van der Waals surface area contributed by atoms with Crippen molar-refractivity contribution in [2.45, 2.75) is 37.6 Å². The Labute approximate surface area is 60.8 Å². The molecule has 1 aliphatic carbocycles. The van der Waals surface area contributed by atoms with Crippen LogP contribution in [-0.4, -0.2) is 10.2 Å². The molecule has 0 heterocycles. The minimum Gasteiger partial charge on any atom is -0.0886 e. The highest BCUT2D eigenvalue weighted by Gasteiger charge is 2.00. The topological polar surface area (TPSA) is 0 Å². The molecule has 0 saturated carbocycles. The van der Waals surface area contributed by atoms with E-state index in [4.69, 9.17) is 0 Å². The summed E-state index contributed by atoms with van der Waals surface area (Å²) in [5.74, 6) is 0. The zero-order valence-corrected chi connectivity index (χ0v) is 6.77. The van der Waals surface area contributed by atoms with Crippen LogP contribution in [0.3, 0.4) is 0 Å². The lowest BCUT2D eigenvalue weighted by molar-refractivity contribution is 0.637. The van der Waals surface area contributed by atoms with Gasteiger partial charge in [0, 0.05) is 10.2 Å². The van der Waals surface area contributed by atoms with E-state index in [-0.39, 0.29) is 0 Å². The summed E-state index contributed by atoms with van der Waals surface area (Å²) in [6.45, 7) is 0. The number of hydrogen-bond donors (Lipinski definition) is 0. The van der Waals surface area contributed by atoms with E-state index in [9.17, 15) is 0 Å². The summed E-state index contributed by atoms with van der Waals surface area (Å²) < 4.78 is 0. The number of rotatable bonds is 0. The first-order chi connectivity index (χ1) is 4.39. The van der Waals surface area contributed by atoms with Gasteiger partial charge in [-0.3, -0.25) is 0 Å². The molecule has 0 aliphatic heterocycles. The molecule has 1 heteroatoms. The van der Waals surface area contributed by atoms with E-state index >= 15 is 0 Å². The van der Waals surface area contributed by atoms with Gasteiger partial charge in [0.05, 0.1) is 0 Å². The molecule has 0 N–H and O–H groups in total. The highest BCUT2D eigenvalue weighted by molar-refractivity contribution is 6.11. The van der Waals surface area contributed by atoms with E-state index < -0.39 is 0 Å². The van der Waals surface area contributed by atoms with Crippen LogP contribution in [0.1, 0.15) is 32.1 Å². The highest BCUT2D eigenvalue weighted by atomic mass is 28.1. The molecule has 0 aromatic carbocycles. The average Bonchev–Trinajstić information content (AvgIpc) is 1.79. The smallest absolute Gasteiger partial charge is 0.0270 e. The summed E-state index contributed by atoms with van der Waals surface area (Å²) in [5, 5.41) is 0. The second-order valence-corrected chi connectivity index (χ2v) is 3.50. The minimum atomic E-state index is 0.738. The van der Waals surface area contributed by atoms with Gasteiger partial charge in [0.2, 0.25) is 0 Å². The molecule has 3 radical (unpaired) electrons. The standard InChI is InChI=1S/C8H13Si/c9-8-6-4-2-1-3-5-7-8/h2,4,8H,1,3,5-7H2/b4-2-. The molecule has 0 aromatic rings. The Morgan fingerprint density at radius 1 is 1.22 bits per heavy atom. The molecule has 0 aromatic heterocycles. The van der Waals surface area contributed by atoms with E-state index in [1.807, 2.05) is 0 Å². The molecule has 1 unspecified atom stereocenters. The van der Waals surface area contributed by atoms with Gasteiger partial charge in [-0.15, -0.1) is 0 Å². The molecule has 1 atom stereocenters. The van der Waals surface area contributed by atoms with E-state index in [2.05, 4.69) is 22.4 Å². The van der Waals surface area contributed by atoms with Crippen molar-refractivity contribution in [2.24, 2.45) is 0 Å². The molecule has 0 nitrogen and oxygen atoms in total. The number of allylic oxidation sites excluding steroid dienone is 2. The molecular weight excluding hydrogens is 124 g/mol. The van der Waals surface area contributed by atoms with Gasteiger partial charge in [-0.1, -0.05) is 25.0 Å². The maximum Gasteiger partial charge on any atom is 0.0270 e. The Balaban J connectivity index is 2.28. The van der Waals surface area contributed by atoms with Gasteiger partial charge in [-0.25, -0.2) is 0 Å². The lowest BCUT2D eigenvalue weighted by Crippen LogP contribution is -1.92. The van der Waals surface area contributed by atoms with Gasteiger partial charge in [-0.2, -0.15) is 0 Å². The van der Waals surface area contributed by atoms with Crippen LogP contribution in [0.4, 0.5) is 0 Å². The fraction of sp³-hybridized carbons (Fsp3) is 0.750. The van der Waals surface area contributed by atoms with Crippen molar-refractivity contribution >= 4 is 10.2 Å². The fourth-order valence-corrected chi connectivity index (χ4v) is 1.49. The fourth-order valence-electron chi connectivity index (χ4n) is 1.15. The zero-order chi connectivity index (χ0) is 6.53. The normalized spacial score (nSPS) is 32.8. The lowest BCUT2D eigenvalue weighted by atomic mass is 10.1. The van der Waals surface area contributed by atoms with Crippen molar-refractivity contribution in [3.63, 3.8) is 0 Å². The van der Waals surface area contributed by atoms with Crippen LogP contribution in [0.5, 0.6) is 0 Å². The molecule has 0 saturated heterocycles. The van der Waals surface area contributed by atoms with Gasteiger partial charge in [-0.05, 0) is 24.8 Å². The molecule has 1 rings (SSSR count). The summed E-state index contributed by atoms with van der Waals surface area (Å²) in [6.07, 6.45) is 11.2.